The minimum atomic E-state index is 0.163. The number of aromatic amines is 1. The van der Waals surface area contributed by atoms with Gasteiger partial charge in [0.25, 0.3) is 0 Å². The molecule has 0 unspecified atom stereocenters. The molecule has 0 atom stereocenters. The van der Waals surface area contributed by atoms with Gasteiger partial charge in [0, 0.05) is 44.4 Å². The molecule has 0 radical (unpaired) electrons. The average Bonchev–Trinajstić information content (AvgIpc) is 2.97. The number of nitrogens with one attached hydrogen (secondary N) is 1. The number of rotatable bonds is 5. The van der Waals surface area contributed by atoms with Crippen molar-refractivity contribution in [3.63, 3.8) is 0 Å². The molecule has 0 aliphatic heterocycles. The molecular weight excluding hydrogens is 240 g/mol. The molecular formula is C15H24N2O2. The number of hydrogen-bond donors (Lipinski definition) is 2. The fraction of sp³-hybridized carbons (Fsp3) is 0.667. The highest BCUT2D eigenvalue weighted by molar-refractivity contribution is 5.78. The van der Waals surface area contributed by atoms with Crippen molar-refractivity contribution >= 4 is 5.91 Å². The van der Waals surface area contributed by atoms with Gasteiger partial charge >= 0.3 is 0 Å². The van der Waals surface area contributed by atoms with Crippen LogP contribution < -0.4 is 0 Å². The van der Waals surface area contributed by atoms with Crippen molar-refractivity contribution in [2.45, 2.75) is 32.1 Å². The van der Waals surface area contributed by atoms with Crippen molar-refractivity contribution in [2.75, 3.05) is 20.2 Å². The molecule has 106 valence electrons. The fourth-order valence-corrected chi connectivity index (χ4v) is 2.83. The van der Waals surface area contributed by atoms with E-state index >= 15 is 0 Å². The predicted molar refractivity (Wildman–Crippen MR) is 74.7 cm³/mol. The van der Waals surface area contributed by atoms with E-state index in [9.17, 15) is 4.79 Å². The van der Waals surface area contributed by atoms with Crippen LogP contribution in [0.15, 0.2) is 18.3 Å². The second kappa shape index (κ2) is 6.75. The number of amides is 1. The molecule has 1 aliphatic rings. The molecule has 4 nitrogen and oxygen atoms in total. The Balaban J connectivity index is 1.76. The lowest BCUT2D eigenvalue weighted by Crippen LogP contribution is -2.36. The van der Waals surface area contributed by atoms with Gasteiger partial charge < -0.3 is 15.0 Å². The van der Waals surface area contributed by atoms with Gasteiger partial charge in [-0.25, -0.2) is 0 Å². The van der Waals surface area contributed by atoms with E-state index in [-0.39, 0.29) is 18.4 Å². The first kappa shape index (κ1) is 14.1. The summed E-state index contributed by atoms with van der Waals surface area (Å²) in [6.45, 7) is 1.03. The molecule has 1 aromatic heterocycles. The summed E-state index contributed by atoms with van der Waals surface area (Å²) in [4.78, 5) is 17.3. The lowest BCUT2D eigenvalue weighted by molar-refractivity contribution is -0.135. The Morgan fingerprint density at radius 1 is 1.42 bits per heavy atom. The van der Waals surface area contributed by atoms with E-state index in [4.69, 9.17) is 5.11 Å². The SMILES string of the molecule is CN(CCc1ccc[nH]1)C(=O)C1CCC(CO)CC1. The van der Waals surface area contributed by atoms with Crippen LogP contribution in [-0.4, -0.2) is 41.1 Å². The van der Waals surface area contributed by atoms with E-state index < -0.39 is 0 Å². The summed E-state index contributed by atoms with van der Waals surface area (Å²) in [5.41, 5.74) is 1.17. The Kier molecular flexibility index (Phi) is 5.02. The van der Waals surface area contributed by atoms with Crippen LogP contribution in [0.3, 0.4) is 0 Å². The normalized spacial score (nSPS) is 23.3. The van der Waals surface area contributed by atoms with E-state index in [0.29, 0.717) is 5.92 Å². The number of aromatic nitrogens is 1. The molecule has 1 amide bonds. The number of aliphatic hydroxyl groups excluding tert-OH is 1. The number of H-pyrrole nitrogens is 1. The van der Waals surface area contributed by atoms with Gasteiger partial charge in [0.05, 0.1) is 0 Å². The van der Waals surface area contributed by atoms with Gasteiger partial charge in [-0.3, -0.25) is 4.79 Å². The van der Waals surface area contributed by atoms with Gasteiger partial charge in [-0.05, 0) is 43.7 Å². The van der Waals surface area contributed by atoms with Gasteiger partial charge in [-0.1, -0.05) is 0 Å². The van der Waals surface area contributed by atoms with Crippen molar-refractivity contribution in [3.8, 4) is 0 Å². The van der Waals surface area contributed by atoms with Crippen LogP contribution in [0.2, 0.25) is 0 Å². The van der Waals surface area contributed by atoms with Gasteiger partial charge in [0.1, 0.15) is 0 Å². The number of likely N-dealkylation sites (N-methyl/N-ethyl adjacent to an activating group) is 1. The Morgan fingerprint density at radius 3 is 2.74 bits per heavy atom. The number of hydrogen-bond acceptors (Lipinski definition) is 2. The first-order valence-electron chi connectivity index (χ1n) is 7.18. The highest BCUT2D eigenvalue weighted by Crippen LogP contribution is 2.29. The fourth-order valence-electron chi connectivity index (χ4n) is 2.83. The van der Waals surface area contributed by atoms with Crippen molar-refractivity contribution in [1.82, 2.24) is 9.88 Å². The summed E-state index contributed by atoms with van der Waals surface area (Å²) in [7, 11) is 1.89. The summed E-state index contributed by atoms with van der Waals surface area (Å²) >= 11 is 0. The van der Waals surface area contributed by atoms with Crippen LogP contribution >= 0.6 is 0 Å². The first-order chi connectivity index (χ1) is 9.20. The molecule has 0 bridgehead atoms. The summed E-state index contributed by atoms with van der Waals surface area (Å²) in [6.07, 6.45) is 6.61. The summed E-state index contributed by atoms with van der Waals surface area (Å²) in [5, 5.41) is 9.12. The Labute approximate surface area is 114 Å². The Bertz CT molecular complexity index is 381. The summed E-state index contributed by atoms with van der Waals surface area (Å²) < 4.78 is 0. The molecule has 1 aromatic rings. The Morgan fingerprint density at radius 2 is 2.16 bits per heavy atom. The second-order valence-electron chi connectivity index (χ2n) is 5.61. The first-order valence-corrected chi connectivity index (χ1v) is 7.18. The van der Waals surface area contributed by atoms with E-state index in [1.165, 1.54) is 5.69 Å². The van der Waals surface area contributed by atoms with Crippen LogP contribution in [0.25, 0.3) is 0 Å². The molecule has 2 rings (SSSR count). The van der Waals surface area contributed by atoms with Gasteiger partial charge in [0.2, 0.25) is 5.91 Å². The van der Waals surface area contributed by atoms with Crippen molar-refractivity contribution in [2.24, 2.45) is 11.8 Å². The zero-order valence-electron chi connectivity index (χ0n) is 11.6. The van der Waals surface area contributed by atoms with E-state index in [2.05, 4.69) is 4.98 Å². The van der Waals surface area contributed by atoms with E-state index in [0.717, 1.165) is 38.6 Å². The minimum Gasteiger partial charge on any atom is -0.396 e. The smallest absolute Gasteiger partial charge is 0.225 e. The molecule has 19 heavy (non-hydrogen) atoms. The average molecular weight is 264 g/mol. The minimum absolute atomic E-state index is 0.163. The van der Waals surface area contributed by atoms with Gasteiger partial charge in [-0.2, -0.15) is 0 Å². The summed E-state index contributed by atoms with van der Waals surface area (Å²) in [5.74, 6) is 0.840. The third-order valence-corrected chi connectivity index (χ3v) is 4.21. The molecule has 1 fully saturated rings. The zero-order valence-corrected chi connectivity index (χ0v) is 11.6. The second-order valence-corrected chi connectivity index (χ2v) is 5.61. The van der Waals surface area contributed by atoms with Gasteiger partial charge in [0.15, 0.2) is 0 Å². The van der Waals surface area contributed by atoms with Crippen molar-refractivity contribution in [3.05, 3.63) is 24.0 Å². The third kappa shape index (κ3) is 3.83. The van der Waals surface area contributed by atoms with Crippen LogP contribution in [0.5, 0.6) is 0 Å². The number of carbonyl (C=O) groups excluding carboxylic acids is 1. The largest absolute Gasteiger partial charge is 0.396 e. The van der Waals surface area contributed by atoms with E-state index in [1.807, 2.05) is 30.3 Å². The molecule has 1 aliphatic carbocycles. The van der Waals surface area contributed by atoms with Crippen LogP contribution in [0.1, 0.15) is 31.4 Å². The standard InChI is InChI=1S/C15H24N2O2/c1-17(10-8-14-3-2-9-16-14)15(19)13-6-4-12(11-18)5-7-13/h2-3,9,12-13,16,18H,4-8,10-11H2,1H3. The van der Waals surface area contributed by atoms with Crippen LogP contribution in [0.4, 0.5) is 0 Å². The number of nitrogens with zero attached hydrogens (tertiary/aromatic N) is 1. The quantitative estimate of drug-likeness (QED) is 0.852. The molecule has 0 saturated heterocycles. The van der Waals surface area contributed by atoms with Crippen LogP contribution in [-0.2, 0) is 11.2 Å². The maximum atomic E-state index is 12.3. The highest BCUT2D eigenvalue weighted by atomic mass is 16.3. The topological polar surface area (TPSA) is 56.3 Å². The number of aliphatic hydroxyl groups is 1. The zero-order chi connectivity index (χ0) is 13.7. The molecule has 2 N–H and O–H groups in total. The van der Waals surface area contributed by atoms with Gasteiger partial charge in [-0.15, -0.1) is 0 Å². The monoisotopic (exact) mass is 264 g/mol. The van der Waals surface area contributed by atoms with Crippen LogP contribution in [0, 0.1) is 11.8 Å². The maximum Gasteiger partial charge on any atom is 0.225 e. The molecule has 1 saturated carbocycles. The molecule has 1 heterocycles. The number of carbonyl (C=O) groups is 1. The Hall–Kier alpha value is -1.29. The third-order valence-electron chi connectivity index (χ3n) is 4.21. The van der Waals surface area contributed by atoms with Crippen molar-refractivity contribution < 1.29 is 9.90 Å². The molecule has 4 heteroatoms. The predicted octanol–water partition coefficient (Wildman–Crippen LogP) is 1.81. The van der Waals surface area contributed by atoms with E-state index in [1.54, 1.807) is 0 Å². The molecule has 0 spiro atoms. The maximum absolute atomic E-state index is 12.3. The highest BCUT2D eigenvalue weighted by Gasteiger charge is 2.27. The lowest BCUT2D eigenvalue weighted by atomic mass is 9.82. The van der Waals surface area contributed by atoms with Crippen molar-refractivity contribution in [1.29, 1.82) is 0 Å². The lowest BCUT2D eigenvalue weighted by Gasteiger charge is -2.29. The molecule has 0 aromatic carbocycles. The summed E-state index contributed by atoms with van der Waals surface area (Å²) in [6, 6.07) is 4.03.